The summed E-state index contributed by atoms with van der Waals surface area (Å²) < 4.78 is 0. The number of carbonyl (C=O) groups excluding carboxylic acids is 3. The van der Waals surface area contributed by atoms with Crippen molar-refractivity contribution in [1.29, 1.82) is 0 Å². The summed E-state index contributed by atoms with van der Waals surface area (Å²) in [7, 11) is 0. The summed E-state index contributed by atoms with van der Waals surface area (Å²) in [6.07, 6.45) is 8.01. The number of allylic oxidation sites excluding steroid dienone is 1. The number of amides is 3. The number of aliphatic hydroxyl groups is 1. The van der Waals surface area contributed by atoms with Gasteiger partial charge in [-0.15, -0.1) is 0 Å². The molecule has 198 valence electrons. The van der Waals surface area contributed by atoms with Gasteiger partial charge in [0.15, 0.2) is 0 Å². The zero-order chi connectivity index (χ0) is 26.4. The van der Waals surface area contributed by atoms with Crippen molar-refractivity contribution in [3.8, 4) is 0 Å². The molecule has 1 aromatic carbocycles. The Balaban J connectivity index is 1.11. The molecule has 10 heteroatoms. The lowest BCUT2D eigenvalue weighted by Gasteiger charge is -2.38. The topological polar surface area (TPSA) is 119 Å². The highest BCUT2D eigenvalue weighted by atomic mass is 16.3. The lowest BCUT2D eigenvalue weighted by atomic mass is 9.83. The van der Waals surface area contributed by atoms with Crippen LogP contribution in [0, 0.1) is 0 Å². The molecule has 1 aromatic heterocycles. The minimum Gasteiger partial charge on any atom is -0.385 e. The highest BCUT2D eigenvalue weighted by Gasteiger charge is 2.45. The summed E-state index contributed by atoms with van der Waals surface area (Å²) in [4.78, 5) is 53.3. The molecule has 4 aliphatic heterocycles. The van der Waals surface area contributed by atoms with Crippen LogP contribution in [-0.4, -0.2) is 74.8 Å². The predicted octanol–water partition coefficient (Wildman–Crippen LogP) is 1.95. The average Bonchev–Trinajstić information content (AvgIpc) is 3.54. The standard InChI is InChI=1S/C28H32N6O4/c1-18-4-7-23(24(35)31-18)34-25(36)21-6-5-20(14-22(21)26(34)37)28(38)8-12-32(13-9-28)17-19-15-29-27(30-16-19)33-10-2-3-11-33/h5-6,14-16,23,38H,1-4,7-13,17H2,(H,31,35). The lowest BCUT2D eigenvalue weighted by molar-refractivity contribution is -0.125. The number of anilines is 1. The Hall–Kier alpha value is -3.63. The molecule has 3 amide bonds. The third kappa shape index (κ3) is 4.37. The van der Waals surface area contributed by atoms with Crippen LogP contribution in [0.3, 0.4) is 0 Å². The van der Waals surface area contributed by atoms with Crippen LogP contribution in [0.1, 0.15) is 70.4 Å². The number of nitrogens with zero attached hydrogens (tertiary/aromatic N) is 5. The quantitative estimate of drug-likeness (QED) is 0.579. The van der Waals surface area contributed by atoms with Crippen molar-refractivity contribution in [2.24, 2.45) is 0 Å². The number of aromatic nitrogens is 2. The smallest absolute Gasteiger partial charge is 0.262 e. The summed E-state index contributed by atoms with van der Waals surface area (Å²) in [5, 5.41) is 14.2. The van der Waals surface area contributed by atoms with E-state index in [0.717, 1.165) is 29.5 Å². The molecule has 3 saturated heterocycles. The van der Waals surface area contributed by atoms with E-state index in [4.69, 9.17) is 0 Å². The number of nitrogens with one attached hydrogen (secondary N) is 1. The summed E-state index contributed by atoms with van der Waals surface area (Å²) in [6.45, 7) is 7.84. The van der Waals surface area contributed by atoms with Gasteiger partial charge in [-0.25, -0.2) is 9.97 Å². The number of imide groups is 1. The van der Waals surface area contributed by atoms with E-state index < -0.39 is 29.4 Å². The summed E-state index contributed by atoms with van der Waals surface area (Å²) in [5.41, 5.74) is 1.67. The molecule has 10 nitrogen and oxygen atoms in total. The maximum absolute atomic E-state index is 13.2. The molecule has 0 saturated carbocycles. The molecule has 1 unspecified atom stereocenters. The van der Waals surface area contributed by atoms with Crippen LogP contribution in [0.4, 0.5) is 5.95 Å². The van der Waals surface area contributed by atoms with E-state index in [1.165, 1.54) is 12.8 Å². The summed E-state index contributed by atoms with van der Waals surface area (Å²) in [6, 6.07) is 4.12. The minimum absolute atomic E-state index is 0.246. The fourth-order valence-corrected chi connectivity index (χ4v) is 5.98. The van der Waals surface area contributed by atoms with Gasteiger partial charge in [0.1, 0.15) is 6.04 Å². The molecule has 0 spiro atoms. The van der Waals surface area contributed by atoms with Crippen LogP contribution in [0.2, 0.25) is 0 Å². The van der Waals surface area contributed by atoms with Crippen molar-refractivity contribution in [1.82, 2.24) is 25.1 Å². The van der Waals surface area contributed by atoms with Gasteiger partial charge in [0.2, 0.25) is 11.9 Å². The largest absolute Gasteiger partial charge is 0.385 e. The molecule has 1 atom stereocenters. The second-order valence-electron chi connectivity index (χ2n) is 10.8. The Morgan fingerprint density at radius 2 is 1.68 bits per heavy atom. The summed E-state index contributed by atoms with van der Waals surface area (Å²) in [5.74, 6) is -0.558. The van der Waals surface area contributed by atoms with Gasteiger partial charge in [0.25, 0.3) is 11.8 Å². The number of piperidine rings is 2. The Morgan fingerprint density at radius 1 is 1.00 bits per heavy atom. The van der Waals surface area contributed by atoms with Crippen molar-refractivity contribution < 1.29 is 19.5 Å². The molecule has 2 aromatic rings. The van der Waals surface area contributed by atoms with Gasteiger partial charge in [0, 0.05) is 56.4 Å². The normalized spacial score (nSPS) is 23.7. The number of fused-ring (bicyclic) bond motifs is 1. The molecule has 3 fully saturated rings. The van der Waals surface area contributed by atoms with Crippen LogP contribution < -0.4 is 10.2 Å². The number of rotatable bonds is 5. The second kappa shape index (κ2) is 9.59. The van der Waals surface area contributed by atoms with Crippen LogP contribution in [0.5, 0.6) is 0 Å². The van der Waals surface area contributed by atoms with E-state index in [0.29, 0.717) is 56.6 Å². The van der Waals surface area contributed by atoms with Gasteiger partial charge in [-0.05, 0) is 56.2 Å². The van der Waals surface area contributed by atoms with E-state index in [1.54, 1.807) is 18.2 Å². The predicted molar refractivity (Wildman–Crippen MR) is 139 cm³/mol. The number of hydrogen-bond donors (Lipinski definition) is 2. The Labute approximate surface area is 221 Å². The SMILES string of the molecule is C=C1CCC(N2C(=O)c3ccc(C4(O)CCN(Cc5cnc(N6CCCC6)nc5)CC4)cc3C2=O)C(=O)N1. The number of benzene rings is 1. The van der Waals surface area contributed by atoms with E-state index in [1.807, 2.05) is 12.4 Å². The van der Waals surface area contributed by atoms with Crippen molar-refractivity contribution in [3.05, 3.63) is 65.1 Å². The van der Waals surface area contributed by atoms with Gasteiger partial charge in [-0.2, -0.15) is 0 Å². The maximum atomic E-state index is 13.2. The molecule has 6 rings (SSSR count). The van der Waals surface area contributed by atoms with Crippen molar-refractivity contribution in [2.45, 2.75) is 56.7 Å². The third-order valence-electron chi connectivity index (χ3n) is 8.26. The number of hydrogen-bond acceptors (Lipinski definition) is 8. The van der Waals surface area contributed by atoms with Gasteiger partial charge >= 0.3 is 0 Å². The van der Waals surface area contributed by atoms with Crippen LogP contribution in [0.25, 0.3) is 0 Å². The van der Waals surface area contributed by atoms with Crippen molar-refractivity contribution >= 4 is 23.7 Å². The fraction of sp³-hybridized carbons (Fsp3) is 0.464. The molecule has 0 bridgehead atoms. The van der Waals surface area contributed by atoms with Crippen LogP contribution in [0.15, 0.2) is 42.9 Å². The molecule has 0 aliphatic carbocycles. The molecule has 38 heavy (non-hydrogen) atoms. The third-order valence-corrected chi connectivity index (χ3v) is 8.26. The highest BCUT2D eigenvalue weighted by molar-refractivity contribution is 6.23. The first-order valence-corrected chi connectivity index (χ1v) is 13.3. The van der Waals surface area contributed by atoms with E-state index >= 15 is 0 Å². The average molecular weight is 517 g/mol. The van der Waals surface area contributed by atoms with E-state index in [2.05, 4.69) is 31.7 Å². The van der Waals surface area contributed by atoms with Gasteiger partial charge < -0.3 is 15.3 Å². The second-order valence-corrected chi connectivity index (χ2v) is 10.8. The van der Waals surface area contributed by atoms with Crippen molar-refractivity contribution in [2.75, 3.05) is 31.1 Å². The van der Waals surface area contributed by atoms with E-state index in [9.17, 15) is 19.5 Å². The molecule has 2 N–H and O–H groups in total. The molecular formula is C28H32N6O4. The van der Waals surface area contributed by atoms with Gasteiger partial charge in [-0.1, -0.05) is 12.6 Å². The highest BCUT2D eigenvalue weighted by Crippen LogP contribution is 2.37. The fourth-order valence-electron chi connectivity index (χ4n) is 5.98. The Kier molecular flexibility index (Phi) is 6.23. The van der Waals surface area contributed by atoms with E-state index in [-0.39, 0.29) is 11.1 Å². The Morgan fingerprint density at radius 3 is 2.37 bits per heavy atom. The first-order chi connectivity index (χ1) is 18.3. The monoisotopic (exact) mass is 516 g/mol. The zero-order valence-electron chi connectivity index (χ0n) is 21.4. The minimum atomic E-state index is -1.10. The lowest BCUT2D eigenvalue weighted by Crippen LogP contribution is -2.51. The number of likely N-dealkylation sites (tertiary alicyclic amines) is 1. The van der Waals surface area contributed by atoms with Gasteiger partial charge in [0.05, 0.1) is 16.7 Å². The van der Waals surface area contributed by atoms with Crippen LogP contribution >= 0.6 is 0 Å². The number of carbonyl (C=O) groups is 3. The molecule has 4 aliphatic rings. The van der Waals surface area contributed by atoms with Crippen LogP contribution in [-0.2, 0) is 16.9 Å². The Bertz CT molecular complexity index is 1290. The zero-order valence-corrected chi connectivity index (χ0v) is 21.4. The molecular weight excluding hydrogens is 484 g/mol. The summed E-state index contributed by atoms with van der Waals surface area (Å²) >= 11 is 0. The molecule has 5 heterocycles. The first-order valence-electron chi connectivity index (χ1n) is 13.3. The first kappa shape index (κ1) is 24.7. The van der Waals surface area contributed by atoms with Crippen molar-refractivity contribution in [3.63, 3.8) is 0 Å². The van der Waals surface area contributed by atoms with Gasteiger partial charge in [-0.3, -0.25) is 24.2 Å². The molecule has 0 radical (unpaired) electrons. The maximum Gasteiger partial charge on any atom is 0.262 e.